The number of nitrogens with two attached hydrogens (primary N) is 1. The Morgan fingerprint density at radius 1 is 1.44 bits per heavy atom. The Morgan fingerprint density at radius 3 is 2.75 bits per heavy atom. The van der Waals surface area contributed by atoms with E-state index in [1.54, 1.807) is 0 Å². The van der Waals surface area contributed by atoms with Crippen molar-refractivity contribution in [3.05, 3.63) is 20.8 Å². The highest BCUT2D eigenvalue weighted by Crippen LogP contribution is 2.29. The van der Waals surface area contributed by atoms with Gasteiger partial charge in [-0.15, -0.1) is 11.3 Å². The van der Waals surface area contributed by atoms with Crippen LogP contribution in [-0.2, 0) is 6.42 Å². The van der Waals surface area contributed by atoms with E-state index in [1.807, 2.05) is 11.3 Å². The molecule has 3 N–H and O–H groups in total. The molecular formula is C12H19BrN2S. The van der Waals surface area contributed by atoms with E-state index in [9.17, 15) is 0 Å². The molecular weight excluding hydrogens is 284 g/mol. The standard InChI is InChI=1S/C12H19BrN2S/c13-10-6-11(16-8-10)7-12(15-14)9-4-2-1-3-5-9/h6,8-9,12,15H,1-5,7,14H2. The van der Waals surface area contributed by atoms with Gasteiger partial charge in [-0.3, -0.25) is 11.3 Å². The molecule has 4 heteroatoms. The summed E-state index contributed by atoms with van der Waals surface area (Å²) in [5, 5.41) is 2.14. The molecule has 90 valence electrons. The molecule has 1 aliphatic rings. The quantitative estimate of drug-likeness (QED) is 0.660. The molecule has 2 rings (SSSR count). The maximum Gasteiger partial charge on any atom is 0.0287 e. The van der Waals surface area contributed by atoms with Crippen molar-refractivity contribution in [2.75, 3.05) is 0 Å². The van der Waals surface area contributed by atoms with Crippen LogP contribution in [0.2, 0.25) is 0 Å². The van der Waals surface area contributed by atoms with E-state index in [-0.39, 0.29) is 0 Å². The molecule has 0 radical (unpaired) electrons. The number of hydrogen-bond acceptors (Lipinski definition) is 3. The van der Waals surface area contributed by atoms with Crippen molar-refractivity contribution in [1.29, 1.82) is 0 Å². The van der Waals surface area contributed by atoms with Gasteiger partial charge in [-0.05, 0) is 47.2 Å². The van der Waals surface area contributed by atoms with Crippen LogP contribution in [0.25, 0.3) is 0 Å². The van der Waals surface area contributed by atoms with Gasteiger partial charge in [0.05, 0.1) is 0 Å². The summed E-state index contributed by atoms with van der Waals surface area (Å²) in [7, 11) is 0. The lowest BCUT2D eigenvalue weighted by molar-refractivity contribution is 0.269. The van der Waals surface area contributed by atoms with Gasteiger partial charge >= 0.3 is 0 Å². The molecule has 0 aliphatic heterocycles. The first-order valence-electron chi connectivity index (χ1n) is 5.98. The van der Waals surface area contributed by atoms with E-state index in [0.29, 0.717) is 6.04 Å². The van der Waals surface area contributed by atoms with Crippen molar-refractivity contribution in [2.24, 2.45) is 11.8 Å². The smallest absolute Gasteiger partial charge is 0.0287 e. The molecule has 1 heterocycles. The minimum absolute atomic E-state index is 0.450. The third-order valence-electron chi connectivity index (χ3n) is 3.48. The summed E-state index contributed by atoms with van der Waals surface area (Å²) in [4.78, 5) is 1.42. The third-order valence-corrected chi connectivity index (χ3v) is 5.20. The van der Waals surface area contributed by atoms with Gasteiger partial charge < -0.3 is 0 Å². The molecule has 0 aromatic carbocycles. The van der Waals surface area contributed by atoms with E-state index < -0.39 is 0 Å². The van der Waals surface area contributed by atoms with E-state index in [1.165, 1.54) is 41.5 Å². The first kappa shape index (κ1) is 12.6. The Bertz CT molecular complexity index is 321. The van der Waals surface area contributed by atoms with Crippen LogP contribution in [0.1, 0.15) is 37.0 Å². The second kappa shape index (κ2) is 6.15. The Kier molecular flexibility index (Phi) is 4.82. The van der Waals surface area contributed by atoms with Gasteiger partial charge in [-0.1, -0.05) is 19.3 Å². The molecule has 0 spiro atoms. The molecule has 1 atom stereocenters. The Hall–Kier alpha value is 0.1000. The SMILES string of the molecule is NNC(Cc1cc(Br)cs1)C1CCCCC1. The average molecular weight is 303 g/mol. The van der Waals surface area contributed by atoms with Crippen LogP contribution < -0.4 is 11.3 Å². The number of thiophene rings is 1. The molecule has 1 fully saturated rings. The lowest BCUT2D eigenvalue weighted by Crippen LogP contribution is -2.43. The number of hydrogen-bond donors (Lipinski definition) is 2. The van der Waals surface area contributed by atoms with Gasteiger partial charge in [0.15, 0.2) is 0 Å². The Labute approximate surface area is 110 Å². The van der Waals surface area contributed by atoms with Crippen molar-refractivity contribution < 1.29 is 0 Å². The van der Waals surface area contributed by atoms with Crippen LogP contribution in [0.15, 0.2) is 15.9 Å². The van der Waals surface area contributed by atoms with Crippen LogP contribution in [0.3, 0.4) is 0 Å². The predicted molar refractivity (Wildman–Crippen MR) is 73.4 cm³/mol. The summed E-state index contributed by atoms with van der Waals surface area (Å²) in [6.45, 7) is 0. The number of nitrogens with one attached hydrogen (secondary N) is 1. The largest absolute Gasteiger partial charge is 0.271 e. The summed E-state index contributed by atoms with van der Waals surface area (Å²) < 4.78 is 1.19. The lowest BCUT2D eigenvalue weighted by atomic mass is 9.83. The van der Waals surface area contributed by atoms with Crippen LogP contribution in [-0.4, -0.2) is 6.04 Å². The highest BCUT2D eigenvalue weighted by atomic mass is 79.9. The maximum absolute atomic E-state index is 5.70. The molecule has 0 amide bonds. The second-order valence-electron chi connectivity index (χ2n) is 4.61. The predicted octanol–water partition coefficient (Wildman–Crippen LogP) is 3.47. The van der Waals surface area contributed by atoms with Gasteiger partial charge in [0.2, 0.25) is 0 Å². The molecule has 1 unspecified atom stereocenters. The third kappa shape index (κ3) is 3.29. The minimum atomic E-state index is 0.450. The molecule has 0 saturated heterocycles. The van der Waals surface area contributed by atoms with Gasteiger partial charge in [0, 0.05) is 20.8 Å². The fourth-order valence-electron chi connectivity index (χ4n) is 2.58. The molecule has 16 heavy (non-hydrogen) atoms. The van der Waals surface area contributed by atoms with Gasteiger partial charge in [-0.25, -0.2) is 0 Å². The van der Waals surface area contributed by atoms with E-state index in [0.717, 1.165) is 12.3 Å². The molecule has 1 saturated carbocycles. The molecule has 1 aromatic rings. The summed E-state index contributed by atoms with van der Waals surface area (Å²) in [6, 6.07) is 2.66. The topological polar surface area (TPSA) is 38.0 Å². The second-order valence-corrected chi connectivity index (χ2v) is 6.52. The average Bonchev–Trinajstić information content (AvgIpc) is 2.73. The highest BCUT2D eigenvalue weighted by Gasteiger charge is 2.23. The van der Waals surface area contributed by atoms with Gasteiger partial charge in [0.25, 0.3) is 0 Å². The summed E-state index contributed by atoms with van der Waals surface area (Å²) in [5.41, 5.74) is 3.02. The maximum atomic E-state index is 5.70. The fourth-order valence-corrected chi connectivity index (χ4v) is 4.09. The van der Waals surface area contributed by atoms with Crippen LogP contribution in [0, 0.1) is 5.92 Å². The van der Waals surface area contributed by atoms with Crippen molar-refractivity contribution in [1.82, 2.24) is 5.43 Å². The minimum Gasteiger partial charge on any atom is -0.271 e. The van der Waals surface area contributed by atoms with E-state index >= 15 is 0 Å². The normalized spacial score (nSPS) is 19.9. The van der Waals surface area contributed by atoms with E-state index in [2.05, 4.69) is 32.8 Å². The Balaban J connectivity index is 1.94. The molecule has 0 bridgehead atoms. The molecule has 1 aliphatic carbocycles. The monoisotopic (exact) mass is 302 g/mol. The zero-order valence-electron chi connectivity index (χ0n) is 9.42. The Morgan fingerprint density at radius 2 is 2.19 bits per heavy atom. The van der Waals surface area contributed by atoms with Crippen LogP contribution in [0.4, 0.5) is 0 Å². The molecule has 2 nitrogen and oxygen atoms in total. The molecule has 1 aromatic heterocycles. The van der Waals surface area contributed by atoms with Crippen molar-refractivity contribution in [2.45, 2.75) is 44.6 Å². The zero-order chi connectivity index (χ0) is 11.4. The van der Waals surface area contributed by atoms with Crippen LogP contribution >= 0.6 is 27.3 Å². The highest BCUT2D eigenvalue weighted by molar-refractivity contribution is 9.10. The van der Waals surface area contributed by atoms with Crippen molar-refractivity contribution in [3.63, 3.8) is 0 Å². The zero-order valence-corrected chi connectivity index (χ0v) is 11.8. The van der Waals surface area contributed by atoms with E-state index in [4.69, 9.17) is 5.84 Å². The number of hydrazine groups is 1. The van der Waals surface area contributed by atoms with Gasteiger partial charge in [-0.2, -0.15) is 0 Å². The summed E-state index contributed by atoms with van der Waals surface area (Å²) in [5.74, 6) is 6.46. The fraction of sp³-hybridized carbons (Fsp3) is 0.667. The summed E-state index contributed by atoms with van der Waals surface area (Å²) >= 11 is 5.31. The number of halogens is 1. The number of rotatable bonds is 4. The van der Waals surface area contributed by atoms with Gasteiger partial charge in [0.1, 0.15) is 0 Å². The first-order chi connectivity index (χ1) is 7.79. The lowest BCUT2D eigenvalue weighted by Gasteiger charge is -2.29. The van der Waals surface area contributed by atoms with Crippen molar-refractivity contribution in [3.8, 4) is 0 Å². The van der Waals surface area contributed by atoms with Crippen molar-refractivity contribution >= 4 is 27.3 Å². The van der Waals surface area contributed by atoms with Crippen LogP contribution in [0.5, 0.6) is 0 Å². The first-order valence-corrected chi connectivity index (χ1v) is 7.66. The summed E-state index contributed by atoms with van der Waals surface area (Å²) in [6.07, 6.45) is 7.88.